The molecule has 0 aromatic heterocycles. The molecule has 0 radical (unpaired) electrons. The molecule has 0 N–H and O–H groups in total. The molecule has 0 aromatic rings. The van der Waals surface area contributed by atoms with Crippen molar-refractivity contribution in [1.29, 1.82) is 0 Å². The minimum atomic E-state index is -0.844. The second-order valence-corrected chi connectivity index (χ2v) is 7.13. The fourth-order valence-electron chi connectivity index (χ4n) is 1.30. The van der Waals surface area contributed by atoms with Gasteiger partial charge in [-0.15, -0.1) is 0 Å². The summed E-state index contributed by atoms with van der Waals surface area (Å²) >= 11 is 0. The van der Waals surface area contributed by atoms with Crippen LogP contribution in [0.3, 0.4) is 0 Å². The molecule has 1 unspecified atom stereocenters. The maximum absolute atomic E-state index is 11.9. The van der Waals surface area contributed by atoms with Gasteiger partial charge in [-0.05, 0) is 41.5 Å². The SMILES string of the molecule is C[C@H]1N([S@](=O)C(C)(C)C)C1(C)C. The molecule has 1 aliphatic heterocycles. The quantitative estimate of drug-likeness (QED) is 0.577. The van der Waals surface area contributed by atoms with E-state index in [1.165, 1.54) is 0 Å². The fourth-order valence-corrected chi connectivity index (χ4v) is 2.96. The van der Waals surface area contributed by atoms with E-state index in [1.807, 2.05) is 20.8 Å². The second-order valence-electron chi connectivity index (χ2n) is 5.02. The van der Waals surface area contributed by atoms with Gasteiger partial charge in [-0.2, -0.15) is 0 Å². The molecule has 3 atom stereocenters. The van der Waals surface area contributed by atoms with Crippen molar-refractivity contribution in [3.63, 3.8) is 0 Å². The monoisotopic (exact) mass is 189 g/mol. The van der Waals surface area contributed by atoms with Crippen LogP contribution in [0.15, 0.2) is 0 Å². The summed E-state index contributed by atoms with van der Waals surface area (Å²) in [5, 5.41) is 0. The molecule has 0 amide bonds. The van der Waals surface area contributed by atoms with Crippen LogP contribution in [0.5, 0.6) is 0 Å². The summed E-state index contributed by atoms with van der Waals surface area (Å²) in [4.78, 5) is 0. The average molecular weight is 189 g/mol. The van der Waals surface area contributed by atoms with Gasteiger partial charge in [0.25, 0.3) is 0 Å². The molecule has 1 saturated heterocycles. The first-order valence-corrected chi connectivity index (χ1v) is 5.51. The second kappa shape index (κ2) is 2.55. The Morgan fingerprint density at radius 3 is 1.75 bits per heavy atom. The first kappa shape index (κ1) is 10.2. The van der Waals surface area contributed by atoms with Gasteiger partial charge in [0, 0.05) is 11.6 Å². The maximum Gasteiger partial charge on any atom is 0.101 e. The maximum atomic E-state index is 11.9. The molecule has 0 aromatic carbocycles. The van der Waals surface area contributed by atoms with Crippen molar-refractivity contribution in [2.24, 2.45) is 0 Å². The zero-order valence-electron chi connectivity index (χ0n) is 8.84. The molecule has 72 valence electrons. The summed E-state index contributed by atoms with van der Waals surface area (Å²) in [5.41, 5.74) is 0.137. The van der Waals surface area contributed by atoms with Crippen molar-refractivity contribution in [3.05, 3.63) is 0 Å². The first-order valence-electron chi connectivity index (χ1n) is 4.40. The molecule has 0 aliphatic carbocycles. The Bertz CT molecular complexity index is 217. The summed E-state index contributed by atoms with van der Waals surface area (Å²) in [5.74, 6) is 0. The molecule has 1 fully saturated rings. The molecule has 12 heavy (non-hydrogen) atoms. The van der Waals surface area contributed by atoms with Crippen molar-refractivity contribution in [3.8, 4) is 0 Å². The summed E-state index contributed by atoms with van der Waals surface area (Å²) < 4.78 is 13.8. The van der Waals surface area contributed by atoms with Crippen LogP contribution in [-0.4, -0.2) is 24.8 Å². The van der Waals surface area contributed by atoms with Crippen LogP contribution in [0, 0.1) is 0 Å². The Labute approximate surface area is 77.9 Å². The van der Waals surface area contributed by atoms with Crippen molar-refractivity contribution in [2.75, 3.05) is 0 Å². The third kappa shape index (κ3) is 1.44. The average Bonchev–Trinajstić information content (AvgIpc) is 2.30. The number of hydrogen-bond donors (Lipinski definition) is 0. The van der Waals surface area contributed by atoms with E-state index in [9.17, 15) is 4.21 Å². The lowest BCUT2D eigenvalue weighted by molar-refractivity contribution is 0.571. The summed E-state index contributed by atoms with van der Waals surface area (Å²) in [6.07, 6.45) is 0. The van der Waals surface area contributed by atoms with Crippen LogP contribution in [0.25, 0.3) is 0 Å². The minimum Gasteiger partial charge on any atom is -0.242 e. The molecule has 0 saturated carbocycles. The Kier molecular flexibility index (Phi) is 2.16. The van der Waals surface area contributed by atoms with Crippen LogP contribution >= 0.6 is 0 Å². The van der Waals surface area contributed by atoms with Crippen LogP contribution < -0.4 is 0 Å². The Morgan fingerprint density at radius 1 is 1.33 bits per heavy atom. The highest BCUT2D eigenvalue weighted by Crippen LogP contribution is 2.43. The normalized spacial score (nSPS) is 36.2. The van der Waals surface area contributed by atoms with Crippen LogP contribution in [0.1, 0.15) is 41.5 Å². The molecule has 1 aliphatic rings. The first-order chi connectivity index (χ1) is 5.19. The number of nitrogens with zero attached hydrogens (tertiary/aromatic N) is 1. The van der Waals surface area contributed by atoms with Gasteiger partial charge in [-0.1, -0.05) is 0 Å². The third-order valence-electron chi connectivity index (χ3n) is 2.58. The van der Waals surface area contributed by atoms with E-state index >= 15 is 0 Å². The molecule has 0 spiro atoms. The van der Waals surface area contributed by atoms with Crippen molar-refractivity contribution in [2.45, 2.75) is 57.9 Å². The Hall–Kier alpha value is 0.110. The van der Waals surface area contributed by atoms with E-state index in [1.54, 1.807) is 0 Å². The fraction of sp³-hybridized carbons (Fsp3) is 1.00. The van der Waals surface area contributed by atoms with Crippen molar-refractivity contribution >= 4 is 11.0 Å². The minimum absolute atomic E-state index is 0.123. The zero-order chi connectivity index (χ0) is 9.73. The molecular formula is C9H19NOS. The number of hydrogen-bond acceptors (Lipinski definition) is 1. The van der Waals surface area contributed by atoms with Crippen molar-refractivity contribution < 1.29 is 4.21 Å². The van der Waals surface area contributed by atoms with Crippen LogP contribution in [0.2, 0.25) is 0 Å². The topological polar surface area (TPSA) is 20.1 Å². The van der Waals surface area contributed by atoms with Gasteiger partial charge in [-0.25, -0.2) is 8.51 Å². The predicted molar refractivity (Wildman–Crippen MR) is 53.3 cm³/mol. The van der Waals surface area contributed by atoms with Gasteiger partial charge in [0.1, 0.15) is 11.0 Å². The highest BCUT2D eigenvalue weighted by Gasteiger charge is 2.57. The van der Waals surface area contributed by atoms with E-state index in [-0.39, 0.29) is 10.3 Å². The lowest BCUT2D eigenvalue weighted by Gasteiger charge is -2.19. The van der Waals surface area contributed by atoms with Gasteiger partial charge in [0.15, 0.2) is 0 Å². The predicted octanol–water partition coefficient (Wildman–Crippen LogP) is 1.93. The number of rotatable bonds is 1. The van der Waals surface area contributed by atoms with E-state index < -0.39 is 11.0 Å². The van der Waals surface area contributed by atoms with E-state index in [2.05, 4.69) is 25.1 Å². The van der Waals surface area contributed by atoms with Gasteiger partial charge in [0.05, 0.1) is 4.75 Å². The van der Waals surface area contributed by atoms with E-state index in [0.717, 1.165) is 0 Å². The van der Waals surface area contributed by atoms with Gasteiger partial charge in [-0.3, -0.25) is 0 Å². The highest BCUT2D eigenvalue weighted by molar-refractivity contribution is 7.84. The Morgan fingerprint density at radius 2 is 1.67 bits per heavy atom. The van der Waals surface area contributed by atoms with Crippen molar-refractivity contribution in [1.82, 2.24) is 4.31 Å². The summed E-state index contributed by atoms with van der Waals surface area (Å²) in [7, 11) is -0.844. The lowest BCUT2D eigenvalue weighted by Crippen LogP contribution is -2.29. The zero-order valence-corrected chi connectivity index (χ0v) is 9.66. The van der Waals surface area contributed by atoms with E-state index in [4.69, 9.17) is 0 Å². The van der Waals surface area contributed by atoms with Gasteiger partial charge < -0.3 is 0 Å². The molecule has 3 heteroatoms. The lowest BCUT2D eigenvalue weighted by atomic mass is 10.2. The Balaban J connectivity index is 2.72. The van der Waals surface area contributed by atoms with Gasteiger partial charge >= 0.3 is 0 Å². The summed E-state index contributed by atoms with van der Waals surface area (Å²) in [6, 6.07) is 0.456. The third-order valence-corrected chi connectivity index (χ3v) is 4.77. The molecule has 2 nitrogen and oxygen atoms in total. The largest absolute Gasteiger partial charge is 0.242 e. The smallest absolute Gasteiger partial charge is 0.101 e. The molecule has 0 bridgehead atoms. The van der Waals surface area contributed by atoms with E-state index in [0.29, 0.717) is 6.04 Å². The van der Waals surface area contributed by atoms with Gasteiger partial charge in [0.2, 0.25) is 0 Å². The van der Waals surface area contributed by atoms with Crippen LogP contribution in [0.4, 0.5) is 0 Å². The molecule has 1 rings (SSSR count). The highest BCUT2D eigenvalue weighted by atomic mass is 32.2. The molecular weight excluding hydrogens is 170 g/mol. The van der Waals surface area contributed by atoms with Crippen LogP contribution in [-0.2, 0) is 11.0 Å². The summed E-state index contributed by atoms with van der Waals surface area (Å²) in [6.45, 7) is 12.5. The molecule has 1 heterocycles. The standard InChI is InChI=1S/C9H19NOS/c1-7-9(5,6)10(7)12(11)8(2,3)4/h7H,1-6H3/t7-,10?,12-/m1/s1.